The van der Waals surface area contributed by atoms with Crippen LogP contribution in [0.1, 0.15) is 42.5 Å². The maximum Gasteiger partial charge on any atom is 0.301 e. The molecule has 1 saturated heterocycles. The zero-order chi connectivity index (χ0) is 30.6. The highest BCUT2D eigenvalue weighted by Gasteiger charge is 2.48. The predicted octanol–water partition coefficient (Wildman–Crippen LogP) is 7.93. The molecule has 1 N–H and O–H groups in total. The molecule has 1 atom stereocenters. The Morgan fingerprint density at radius 3 is 2.59 bits per heavy atom. The van der Waals surface area contributed by atoms with Gasteiger partial charge in [-0.05, 0) is 64.7 Å². The number of unbranched alkanes of at least 4 members (excludes halogenated alkanes) is 1. The van der Waals surface area contributed by atoms with Gasteiger partial charge in [-0.25, -0.2) is 4.39 Å². The molecule has 44 heavy (non-hydrogen) atoms. The van der Waals surface area contributed by atoms with Crippen LogP contribution in [0.3, 0.4) is 0 Å². The lowest BCUT2D eigenvalue weighted by molar-refractivity contribution is -0.132. The number of aromatic nitrogens is 2. The number of benzene rings is 4. The van der Waals surface area contributed by atoms with E-state index in [1.165, 1.54) is 52.3 Å². The third-order valence-corrected chi connectivity index (χ3v) is 9.44. The number of ether oxygens (including phenoxy) is 1. The van der Waals surface area contributed by atoms with Crippen molar-refractivity contribution in [3.05, 3.63) is 119 Å². The van der Waals surface area contributed by atoms with Gasteiger partial charge >= 0.3 is 5.91 Å². The molecular formula is C34H28FN3O4S2. The van der Waals surface area contributed by atoms with E-state index in [1.807, 2.05) is 18.2 Å². The first-order chi connectivity index (χ1) is 21.4. The quantitative estimate of drug-likeness (QED) is 0.0421. The van der Waals surface area contributed by atoms with Gasteiger partial charge < -0.3 is 9.84 Å². The first-order valence-electron chi connectivity index (χ1n) is 14.2. The Morgan fingerprint density at radius 1 is 1.00 bits per heavy atom. The molecule has 1 aliphatic heterocycles. The van der Waals surface area contributed by atoms with Crippen LogP contribution in [0.2, 0.25) is 0 Å². The third-order valence-electron chi connectivity index (χ3n) is 7.34. The number of aliphatic hydroxyl groups is 1. The van der Waals surface area contributed by atoms with Crippen molar-refractivity contribution in [2.24, 2.45) is 0 Å². The van der Waals surface area contributed by atoms with Gasteiger partial charge in [-0.1, -0.05) is 91.0 Å². The fourth-order valence-corrected chi connectivity index (χ4v) is 7.00. The minimum Gasteiger partial charge on any atom is -0.507 e. The summed E-state index contributed by atoms with van der Waals surface area (Å²) in [6.45, 7) is 2.59. The third kappa shape index (κ3) is 5.95. The zero-order valence-electron chi connectivity index (χ0n) is 23.8. The second kappa shape index (κ2) is 13.0. The van der Waals surface area contributed by atoms with Gasteiger partial charge in [0.2, 0.25) is 5.13 Å². The van der Waals surface area contributed by atoms with Gasteiger partial charge in [0.25, 0.3) is 5.78 Å². The number of carbonyl (C=O) groups is 2. The Labute approximate surface area is 262 Å². The lowest BCUT2D eigenvalue weighted by Crippen LogP contribution is -2.29. The SMILES string of the molecule is CCCCOc1cccc(C2C(=C(O)c3ccc(F)cc3)C(=O)C(=O)N2c2nnc(SCc3cccc4ccccc34)s2)c1. The lowest BCUT2D eigenvalue weighted by Gasteiger charge is -2.23. The molecule has 4 aromatic carbocycles. The fraction of sp³-hybridized carbons (Fsp3) is 0.176. The van der Waals surface area contributed by atoms with Crippen molar-refractivity contribution in [2.45, 2.75) is 35.9 Å². The van der Waals surface area contributed by atoms with Crippen LogP contribution in [0.25, 0.3) is 16.5 Å². The van der Waals surface area contributed by atoms with Crippen LogP contribution in [-0.4, -0.2) is 33.6 Å². The average molecular weight is 626 g/mol. The smallest absolute Gasteiger partial charge is 0.301 e. The van der Waals surface area contributed by atoms with E-state index in [-0.39, 0.29) is 16.3 Å². The number of anilines is 1. The van der Waals surface area contributed by atoms with Crippen molar-refractivity contribution in [1.29, 1.82) is 0 Å². The zero-order valence-corrected chi connectivity index (χ0v) is 25.4. The van der Waals surface area contributed by atoms with E-state index < -0.39 is 29.3 Å². The maximum absolute atomic E-state index is 13.7. The fourth-order valence-electron chi connectivity index (χ4n) is 5.13. The van der Waals surface area contributed by atoms with E-state index in [0.717, 1.165) is 29.2 Å². The summed E-state index contributed by atoms with van der Waals surface area (Å²) >= 11 is 2.69. The summed E-state index contributed by atoms with van der Waals surface area (Å²) < 4.78 is 20.2. The molecule has 5 aromatic rings. The first kappa shape index (κ1) is 29.5. The summed E-state index contributed by atoms with van der Waals surface area (Å²) in [5, 5.41) is 22.5. The number of aliphatic hydroxyl groups excluding tert-OH is 1. The van der Waals surface area contributed by atoms with Gasteiger partial charge in [0, 0.05) is 11.3 Å². The molecule has 1 aromatic heterocycles. The molecule has 7 nitrogen and oxygen atoms in total. The number of Topliss-reactive ketones (excluding diaryl/α,β-unsaturated/α-hetero) is 1. The Bertz CT molecular complexity index is 1870. The minimum absolute atomic E-state index is 0.118. The molecule has 1 fully saturated rings. The van der Waals surface area contributed by atoms with E-state index in [9.17, 15) is 19.1 Å². The molecule has 1 amide bonds. The van der Waals surface area contributed by atoms with Gasteiger partial charge in [-0.15, -0.1) is 10.2 Å². The van der Waals surface area contributed by atoms with E-state index in [4.69, 9.17) is 4.74 Å². The molecule has 0 aliphatic carbocycles. The number of fused-ring (bicyclic) bond motifs is 1. The van der Waals surface area contributed by atoms with Gasteiger partial charge in [0.1, 0.15) is 17.3 Å². The van der Waals surface area contributed by atoms with Gasteiger partial charge in [0.05, 0.1) is 18.2 Å². The number of thioether (sulfide) groups is 1. The van der Waals surface area contributed by atoms with Crippen LogP contribution >= 0.6 is 23.1 Å². The van der Waals surface area contributed by atoms with Crippen LogP contribution in [0.4, 0.5) is 9.52 Å². The predicted molar refractivity (Wildman–Crippen MR) is 171 cm³/mol. The molecule has 0 saturated carbocycles. The molecule has 10 heteroatoms. The van der Waals surface area contributed by atoms with Crippen LogP contribution in [-0.2, 0) is 15.3 Å². The second-order valence-corrected chi connectivity index (χ2v) is 12.4. The first-order valence-corrected chi connectivity index (χ1v) is 16.0. The average Bonchev–Trinajstić information content (AvgIpc) is 3.62. The van der Waals surface area contributed by atoms with Crippen LogP contribution in [0, 0.1) is 5.82 Å². The highest BCUT2D eigenvalue weighted by molar-refractivity contribution is 8.00. The molecule has 0 radical (unpaired) electrons. The Balaban J connectivity index is 1.36. The second-order valence-electron chi connectivity index (χ2n) is 10.2. The number of amides is 1. The van der Waals surface area contributed by atoms with Crippen LogP contribution in [0.15, 0.2) is 101 Å². The van der Waals surface area contributed by atoms with Crippen LogP contribution < -0.4 is 9.64 Å². The Hall–Kier alpha value is -4.54. The minimum atomic E-state index is -1.00. The van der Waals surface area contributed by atoms with Gasteiger partial charge in [-0.3, -0.25) is 14.5 Å². The highest BCUT2D eigenvalue weighted by Crippen LogP contribution is 2.44. The highest BCUT2D eigenvalue weighted by atomic mass is 32.2. The molecule has 0 bridgehead atoms. The van der Waals surface area contributed by atoms with E-state index in [0.29, 0.717) is 28.0 Å². The topological polar surface area (TPSA) is 92.6 Å². The Kier molecular flexibility index (Phi) is 8.72. The summed E-state index contributed by atoms with van der Waals surface area (Å²) in [5.41, 5.74) is 1.80. The number of hydrogen-bond donors (Lipinski definition) is 1. The van der Waals surface area contributed by atoms with E-state index in [1.54, 1.807) is 24.3 Å². The molecule has 6 rings (SSSR count). The summed E-state index contributed by atoms with van der Waals surface area (Å²) in [7, 11) is 0. The monoisotopic (exact) mass is 625 g/mol. The lowest BCUT2D eigenvalue weighted by atomic mass is 9.95. The van der Waals surface area contributed by atoms with Crippen molar-refractivity contribution in [3.8, 4) is 5.75 Å². The Morgan fingerprint density at radius 2 is 1.77 bits per heavy atom. The van der Waals surface area contributed by atoms with Crippen molar-refractivity contribution < 1.29 is 23.8 Å². The van der Waals surface area contributed by atoms with Crippen LogP contribution in [0.5, 0.6) is 5.75 Å². The number of halogens is 1. The largest absolute Gasteiger partial charge is 0.507 e. The molecule has 0 spiro atoms. The molecule has 2 heterocycles. The number of hydrogen-bond acceptors (Lipinski definition) is 8. The van der Waals surface area contributed by atoms with E-state index >= 15 is 0 Å². The standard InChI is InChI=1S/C34H28FN3O4S2/c1-2-3-18-42-26-12-7-10-23(19-26)29-28(30(39)22-14-16-25(35)17-15-22)31(40)32(41)38(29)33-36-37-34(44-33)43-20-24-11-6-9-21-8-4-5-13-27(21)24/h4-17,19,29,39H,2-3,18,20H2,1H3. The summed E-state index contributed by atoms with van der Waals surface area (Å²) in [6.07, 6.45) is 1.84. The number of nitrogens with zero attached hydrogens (tertiary/aromatic N) is 3. The molecule has 1 unspecified atom stereocenters. The molecule has 222 valence electrons. The summed E-state index contributed by atoms with van der Waals surface area (Å²) in [5.74, 6) is -1.38. The number of rotatable bonds is 10. The van der Waals surface area contributed by atoms with Crippen molar-refractivity contribution in [1.82, 2.24) is 10.2 Å². The van der Waals surface area contributed by atoms with Crippen molar-refractivity contribution in [3.63, 3.8) is 0 Å². The van der Waals surface area contributed by atoms with E-state index in [2.05, 4.69) is 41.4 Å². The normalized spacial score (nSPS) is 16.1. The summed E-state index contributed by atoms with van der Waals surface area (Å²) in [6, 6.07) is 25.5. The molecular weight excluding hydrogens is 598 g/mol. The number of carbonyl (C=O) groups excluding carboxylic acids is 2. The number of ketones is 1. The van der Waals surface area contributed by atoms with Crippen molar-refractivity contribution in [2.75, 3.05) is 11.5 Å². The van der Waals surface area contributed by atoms with Gasteiger partial charge in [-0.2, -0.15) is 0 Å². The molecule has 1 aliphatic rings. The maximum atomic E-state index is 13.7. The van der Waals surface area contributed by atoms with Crippen molar-refractivity contribution >= 4 is 56.5 Å². The van der Waals surface area contributed by atoms with Gasteiger partial charge in [0.15, 0.2) is 4.34 Å². The summed E-state index contributed by atoms with van der Waals surface area (Å²) in [4.78, 5) is 28.4.